The lowest BCUT2D eigenvalue weighted by Gasteiger charge is -2.32. The SMILES string of the molecule is CC(C)Cc1nc(-c2cnc(N3CCC(CCCOc4ccc(C(=O)NCC(O)CO)c(F)c4)CC3)nc2)no1. The Kier molecular flexibility index (Phi) is 10.4. The molecular formula is C28H37FN6O5. The third-order valence-electron chi connectivity index (χ3n) is 6.76. The smallest absolute Gasteiger partial charge is 0.254 e. The van der Waals surface area contributed by atoms with Gasteiger partial charge in [0.1, 0.15) is 11.6 Å². The molecule has 0 radical (unpaired) electrons. The second-order valence-corrected chi connectivity index (χ2v) is 10.5. The van der Waals surface area contributed by atoms with Gasteiger partial charge in [-0.1, -0.05) is 19.0 Å². The lowest BCUT2D eigenvalue weighted by atomic mass is 9.92. The van der Waals surface area contributed by atoms with Crippen molar-refractivity contribution in [2.75, 3.05) is 37.7 Å². The van der Waals surface area contributed by atoms with Crippen LogP contribution in [0.25, 0.3) is 11.4 Å². The van der Waals surface area contributed by atoms with E-state index in [1.54, 1.807) is 18.5 Å². The highest BCUT2D eigenvalue weighted by atomic mass is 19.1. The highest BCUT2D eigenvalue weighted by Gasteiger charge is 2.21. The van der Waals surface area contributed by atoms with Gasteiger partial charge >= 0.3 is 0 Å². The number of nitrogens with one attached hydrogen (secondary N) is 1. The number of carbonyl (C=O) groups is 1. The lowest BCUT2D eigenvalue weighted by molar-refractivity contribution is 0.0799. The second-order valence-electron chi connectivity index (χ2n) is 10.5. The van der Waals surface area contributed by atoms with Crippen molar-refractivity contribution in [2.24, 2.45) is 11.8 Å². The average Bonchev–Trinajstić information content (AvgIpc) is 3.42. The van der Waals surface area contributed by atoms with Gasteiger partial charge in [0, 0.05) is 44.5 Å². The molecule has 0 spiro atoms. The summed E-state index contributed by atoms with van der Waals surface area (Å²) in [6, 6.07) is 4.08. The van der Waals surface area contributed by atoms with Gasteiger partial charge < -0.3 is 29.7 Å². The van der Waals surface area contributed by atoms with Crippen LogP contribution in [0.5, 0.6) is 5.75 Å². The predicted octanol–water partition coefficient (Wildman–Crippen LogP) is 3.02. The summed E-state index contributed by atoms with van der Waals surface area (Å²) in [6.45, 7) is 5.75. The summed E-state index contributed by atoms with van der Waals surface area (Å²) < 4.78 is 25.4. The molecule has 2 aromatic heterocycles. The predicted molar refractivity (Wildman–Crippen MR) is 145 cm³/mol. The first-order valence-electron chi connectivity index (χ1n) is 13.7. The van der Waals surface area contributed by atoms with Gasteiger partial charge in [0.05, 0.1) is 30.4 Å². The maximum atomic E-state index is 14.4. The summed E-state index contributed by atoms with van der Waals surface area (Å²) in [5, 5.41) is 24.5. The molecule has 0 aliphatic carbocycles. The minimum absolute atomic E-state index is 0.145. The molecule has 216 valence electrons. The Morgan fingerprint density at radius 2 is 2.00 bits per heavy atom. The summed E-state index contributed by atoms with van der Waals surface area (Å²) in [6.07, 6.45) is 7.00. The number of aliphatic hydroxyl groups is 2. The van der Waals surface area contributed by atoms with E-state index < -0.39 is 24.4 Å². The molecule has 12 heteroatoms. The Balaban J connectivity index is 1.16. The molecule has 3 aromatic rings. The standard InChI is InChI=1S/C28H37FN6O5/c1-18(2)12-25-33-26(34-40-25)20-14-31-28(32-15-20)35-9-7-19(8-10-35)4-3-11-39-22-5-6-23(24(29)13-22)27(38)30-16-21(37)17-36/h5-6,13-15,18-19,21,36-37H,3-4,7-12,16-17H2,1-2H3,(H,30,38). The molecule has 1 saturated heterocycles. The number of benzene rings is 1. The van der Waals surface area contributed by atoms with Crippen LogP contribution in [-0.4, -0.2) is 75.2 Å². The van der Waals surface area contributed by atoms with Crippen LogP contribution in [0.2, 0.25) is 0 Å². The fourth-order valence-electron chi connectivity index (χ4n) is 4.53. The first kappa shape index (κ1) is 29.3. The molecule has 1 unspecified atom stereocenters. The molecule has 4 rings (SSSR count). The number of rotatable bonds is 13. The number of carbonyl (C=O) groups excluding carboxylic acids is 1. The van der Waals surface area contributed by atoms with Crippen molar-refractivity contribution in [1.82, 2.24) is 25.4 Å². The van der Waals surface area contributed by atoms with Gasteiger partial charge in [-0.3, -0.25) is 4.79 Å². The number of anilines is 1. The number of halogens is 1. The van der Waals surface area contributed by atoms with Crippen LogP contribution < -0.4 is 15.0 Å². The summed E-state index contributed by atoms with van der Waals surface area (Å²) in [7, 11) is 0. The molecule has 1 atom stereocenters. The molecule has 3 N–H and O–H groups in total. The Hall–Kier alpha value is -3.64. The zero-order chi connectivity index (χ0) is 28.5. The van der Waals surface area contributed by atoms with Gasteiger partial charge in [0.2, 0.25) is 17.7 Å². The van der Waals surface area contributed by atoms with Gasteiger partial charge in [-0.2, -0.15) is 4.98 Å². The highest BCUT2D eigenvalue weighted by molar-refractivity contribution is 5.94. The second kappa shape index (κ2) is 14.1. The molecule has 1 aromatic carbocycles. The minimum atomic E-state index is -1.09. The molecule has 1 aliphatic rings. The van der Waals surface area contributed by atoms with Crippen molar-refractivity contribution >= 4 is 11.9 Å². The van der Waals surface area contributed by atoms with E-state index >= 15 is 0 Å². The Morgan fingerprint density at radius 1 is 1.25 bits per heavy atom. The van der Waals surface area contributed by atoms with Crippen molar-refractivity contribution in [3.63, 3.8) is 0 Å². The zero-order valence-corrected chi connectivity index (χ0v) is 22.9. The maximum Gasteiger partial charge on any atom is 0.254 e. The van der Waals surface area contributed by atoms with Crippen LogP contribution in [0.1, 0.15) is 55.8 Å². The normalized spacial score (nSPS) is 14.9. The molecule has 3 heterocycles. The number of aliphatic hydroxyl groups excluding tert-OH is 2. The number of nitrogens with zero attached hydrogens (tertiary/aromatic N) is 5. The van der Waals surface area contributed by atoms with Crippen LogP contribution >= 0.6 is 0 Å². The number of hydrogen-bond donors (Lipinski definition) is 3. The first-order chi connectivity index (χ1) is 19.3. The Bertz CT molecular complexity index is 1230. The quantitative estimate of drug-likeness (QED) is 0.268. The molecular weight excluding hydrogens is 519 g/mol. The van der Waals surface area contributed by atoms with Crippen molar-refractivity contribution in [2.45, 2.75) is 52.1 Å². The number of aromatic nitrogens is 4. The summed E-state index contributed by atoms with van der Waals surface area (Å²) in [4.78, 5) is 27.7. The number of ether oxygens (including phenoxy) is 1. The van der Waals surface area contributed by atoms with E-state index in [0.717, 1.165) is 50.8 Å². The van der Waals surface area contributed by atoms with Gasteiger partial charge in [0.25, 0.3) is 5.91 Å². The zero-order valence-electron chi connectivity index (χ0n) is 22.9. The molecule has 1 amide bonds. The van der Waals surface area contributed by atoms with Crippen LogP contribution in [0.15, 0.2) is 35.1 Å². The number of hydrogen-bond acceptors (Lipinski definition) is 10. The fourth-order valence-corrected chi connectivity index (χ4v) is 4.53. The van der Waals surface area contributed by atoms with E-state index in [2.05, 4.69) is 44.2 Å². The van der Waals surface area contributed by atoms with Crippen molar-refractivity contribution in [3.05, 3.63) is 47.9 Å². The first-order valence-corrected chi connectivity index (χ1v) is 13.7. The Morgan fingerprint density at radius 3 is 2.67 bits per heavy atom. The maximum absolute atomic E-state index is 14.4. The van der Waals surface area contributed by atoms with Crippen molar-refractivity contribution in [1.29, 1.82) is 0 Å². The molecule has 11 nitrogen and oxygen atoms in total. The molecule has 40 heavy (non-hydrogen) atoms. The van der Waals surface area contributed by atoms with E-state index in [9.17, 15) is 14.3 Å². The summed E-state index contributed by atoms with van der Waals surface area (Å²) in [5.41, 5.74) is 0.585. The van der Waals surface area contributed by atoms with Gasteiger partial charge in [-0.05, 0) is 49.7 Å². The van der Waals surface area contributed by atoms with Gasteiger partial charge in [0.15, 0.2) is 0 Å². The van der Waals surface area contributed by atoms with E-state index in [4.69, 9.17) is 14.4 Å². The van der Waals surface area contributed by atoms with Crippen LogP contribution in [0.4, 0.5) is 10.3 Å². The molecule has 0 saturated carbocycles. The third kappa shape index (κ3) is 8.18. The molecule has 1 fully saturated rings. The van der Waals surface area contributed by atoms with E-state index in [1.165, 1.54) is 12.1 Å². The minimum Gasteiger partial charge on any atom is -0.493 e. The average molecular weight is 557 g/mol. The van der Waals surface area contributed by atoms with Crippen molar-refractivity contribution < 1.29 is 28.7 Å². The summed E-state index contributed by atoms with van der Waals surface area (Å²) >= 11 is 0. The van der Waals surface area contributed by atoms with Crippen molar-refractivity contribution in [3.8, 4) is 17.1 Å². The summed E-state index contributed by atoms with van der Waals surface area (Å²) in [5.74, 6) is 1.81. The Labute approximate surface area is 232 Å². The fraction of sp³-hybridized carbons (Fsp3) is 0.536. The highest BCUT2D eigenvalue weighted by Crippen LogP contribution is 2.25. The number of piperidine rings is 1. The molecule has 1 aliphatic heterocycles. The van der Waals surface area contributed by atoms with E-state index in [-0.39, 0.29) is 12.1 Å². The van der Waals surface area contributed by atoms with Gasteiger partial charge in [-0.25, -0.2) is 14.4 Å². The van der Waals surface area contributed by atoms with Crippen LogP contribution in [-0.2, 0) is 6.42 Å². The third-order valence-corrected chi connectivity index (χ3v) is 6.76. The largest absolute Gasteiger partial charge is 0.493 e. The van der Waals surface area contributed by atoms with Crippen LogP contribution in [0.3, 0.4) is 0 Å². The number of amides is 1. The van der Waals surface area contributed by atoms with Crippen LogP contribution in [0, 0.1) is 17.7 Å². The van der Waals surface area contributed by atoms with E-state index in [0.29, 0.717) is 41.9 Å². The van der Waals surface area contributed by atoms with E-state index in [1.807, 2.05) is 0 Å². The topological polar surface area (TPSA) is 147 Å². The van der Waals surface area contributed by atoms with Gasteiger partial charge in [-0.15, -0.1) is 0 Å². The monoisotopic (exact) mass is 556 g/mol. The lowest BCUT2D eigenvalue weighted by Crippen LogP contribution is -2.34. The molecule has 0 bridgehead atoms.